The first kappa shape index (κ1) is 19.4. The van der Waals surface area contributed by atoms with Crippen molar-refractivity contribution in [2.75, 3.05) is 21.3 Å². The monoisotopic (exact) mass is 371 g/mol. The van der Waals surface area contributed by atoms with Gasteiger partial charge >= 0.3 is 0 Å². The van der Waals surface area contributed by atoms with Gasteiger partial charge in [0.05, 0.1) is 27.4 Å². The Morgan fingerprint density at radius 1 is 1.15 bits per heavy atom. The van der Waals surface area contributed by atoms with E-state index in [0.717, 1.165) is 35.1 Å². The fraction of sp³-hybridized carbons (Fsp3) is 0.381. The fourth-order valence-electron chi connectivity index (χ4n) is 3.91. The lowest BCUT2D eigenvalue weighted by atomic mass is 9.91. The molecule has 0 bridgehead atoms. The molecule has 144 valence electrons. The van der Waals surface area contributed by atoms with Gasteiger partial charge in [-0.05, 0) is 54.3 Å². The Hall–Kier alpha value is -2.41. The van der Waals surface area contributed by atoms with Crippen LogP contribution in [-0.4, -0.2) is 31.5 Å². The van der Waals surface area contributed by atoms with Gasteiger partial charge in [-0.3, -0.25) is 4.79 Å². The van der Waals surface area contributed by atoms with Crippen LogP contribution in [0.25, 0.3) is 11.1 Å². The summed E-state index contributed by atoms with van der Waals surface area (Å²) in [6, 6.07) is 7.06. The molecule has 0 saturated carbocycles. The number of aliphatic hydroxyl groups is 2. The van der Waals surface area contributed by atoms with Gasteiger partial charge in [0.25, 0.3) is 0 Å². The highest BCUT2D eigenvalue weighted by molar-refractivity contribution is 5.80. The van der Waals surface area contributed by atoms with Crippen LogP contribution in [0, 0.1) is 0 Å². The summed E-state index contributed by atoms with van der Waals surface area (Å²) in [4.78, 5) is 12.5. The molecule has 0 saturated heterocycles. The second kappa shape index (κ2) is 8.08. The van der Waals surface area contributed by atoms with E-state index >= 15 is 0 Å². The number of hydrogen-bond acceptors (Lipinski definition) is 6. The average Bonchev–Trinajstić information content (AvgIpc) is 2.94. The Morgan fingerprint density at radius 2 is 1.93 bits per heavy atom. The van der Waals surface area contributed by atoms with Crippen molar-refractivity contribution in [2.24, 2.45) is 0 Å². The van der Waals surface area contributed by atoms with Gasteiger partial charge in [-0.15, -0.1) is 0 Å². The minimum atomic E-state index is -0.244. The second-order valence-electron chi connectivity index (χ2n) is 6.56. The van der Waals surface area contributed by atoms with Crippen LogP contribution in [0.1, 0.15) is 34.7 Å². The first-order valence-electron chi connectivity index (χ1n) is 8.92. The molecule has 6 heteroatoms. The number of nitrogens with one attached hydrogen (secondary N) is 1. The van der Waals surface area contributed by atoms with Crippen molar-refractivity contribution in [2.45, 2.75) is 32.1 Å². The molecule has 0 aromatic heterocycles. The maximum absolute atomic E-state index is 12.5. The van der Waals surface area contributed by atoms with Gasteiger partial charge in [0.15, 0.2) is 5.75 Å². The Bertz CT molecular complexity index is 910. The summed E-state index contributed by atoms with van der Waals surface area (Å²) < 4.78 is 10.9. The van der Waals surface area contributed by atoms with Crippen LogP contribution in [0.15, 0.2) is 29.1 Å². The van der Waals surface area contributed by atoms with E-state index in [0.29, 0.717) is 16.9 Å². The van der Waals surface area contributed by atoms with Crippen LogP contribution >= 0.6 is 0 Å². The summed E-state index contributed by atoms with van der Waals surface area (Å²) in [5.74, 6) is 0.808. The van der Waals surface area contributed by atoms with E-state index in [2.05, 4.69) is 5.32 Å². The summed E-state index contributed by atoms with van der Waals surface area (Å²) >= 11 is 0. The molecule has 3 rings (SSSR count). The summed E-state index contributed by atoms with van der Waals surface area (Å²) in [7, 11) is 4.90. The lowest BCUT2D eigenvalue weighted by molar-refractivity contribution is 0.254. The molecule has 6 nitrogen and oxygen atoms in total. The Balaban J connectivity index is 2.43. The molecule has 2 aromatic rings. The van der Waals surface area contributed by atoms with Gasteiger partial charge in [-0.25, -0.2) is 0 Å². The molecular formula is C21H25NO5. The highest BCUT2D eigenvalue weighted by atomic mass is 16.5. The third-order valence-electron chi connectivity index (χ3n) is 5.25. The quantitative estimate of drug-likeness (QED) is 0.744. The molecule has 2 aromatic carbocycles. The van der Waals surface area contributed by atoms with E-state index < -0.39 is 0 Å². The minimum absolute atomic E-state index is 0.0166. The maximum Gasteiger partial charge on any atom is 0.220 e. The lowest BCUT2D eigenvalue weighted by Gasteiger charge is -2.19. The van der Waals surface area contributed by atoms with Crippen molar-refractivity contribution in [3.05, 3.63) is 56.7 Å². The van der Waals surface area contributed by atoms with Crippen molar-refractivity contribution < 1.29 is 19.7 Å². The molecule has 0 aliphatic heterocycles. The standard InChI is InChI=1S/C21H25NO5/c1-22-17-6-4-12-8-13(10-23)16(11-24)21(27-3)20(12)14-5-7-19(26-2)18(25)9-15(14)17/h5,7-9,17,22-24H,4,6,10-11H2,1-3H3/t17-/m0/s1. The first-order chi connectivity index (χ1) is 13.1. The number of fused-ring (bicyclic) bond motifs is 3. The third-order valence-corrected chi connectivity index (χ3v) is 5.25. The van der Waals surface area contributed by atoms with Gasteiger partial charge in [-0.1, -0.05) is 12.1 Å². The lowest BCUT2D eigenvalue weighted by Crippen LogP contribution is -2.17. The molecule has 1 aliphatic carbocycles. The van der Waals surface area contributed by atoms with Crippen molar-refractivity contribution in [3.8, 4) is 22.6 Å². The summed E-state index contributed by atoms with van der Waals surface area (Å²) in [5, 5.41) is 22.9. The van der Waals surface area contributed by atoms with Gasteiger partial charge in [0.1, 0.15) is 5.75 Å². The highest BCUT2D eigenvalue weighted by Gasteiger charge is 2.27. The molecule has 1 aliphatic rings. The molecule has 0 radical (unpaired) electrons. The van der Waals surface area contributed by atoms with E-state index in [4.69, 9.17) is 9.47 Å². The van der Waals surface area contributed by atoms with Crippen LogP contribution in [0.3, 0.4) is 0 Å². The molecule has 1 atom stereocenters. The number of methoxy groups -OCH3 is 2. The number of hydrogen-bond donors (Lipinski definition) is 3. The minimum Gasteiger partial charge on any atom is -0.496 e. The smallest absolute Gasteiger partial charge is 0.220 e. The normalized spacial score (nSPS) is 15.5. The second-order valence-corrected chi connectivity index (χ2v) is 6.56. The molecule has 0 unspecified atom stereocenters. The van der Waals surface area contributed by atoms with Crippen molar-refractivity contribution in [1.29, 1.82) is 0 Å². The highest BCUT2D eigenvalue weighted by Crippen LogP contribution is 2.44. The van der Waals surface area contributed by atoms with Gasteiger partial charge in [0.2, 0.25) is 5.43 Å². The van der Waals surface area contributed by atoms with E-state index in [1.807, 2.05) is 19.2 Å². The largest absolute Gasteiger partial charge is 0.496 e. The van der Waals surface area contributed by atoms with Crippen LogP contribution in [0.4, 0.5) is 0 Å². The van der Waals surface area contributed by atoms with Crippen LogP contribution in [0.5, 0.6) is 11.5 Å². The Labute approximate surface area is 158 Å². The molecule has 27 heavy (non-hydrogen) atoms. The van der Waals surface area contributed by atoms with Gasteiger partial charge in [-0.2, -0.15) is 0 Å². The predicted octanol–water partition coefficient (Wildman–Crippen LogP) is 1.92. The number of aryl methyl sites for hydroxylation is 1. The van der Waals surface area contributed by atoms with E-state index in [9.17, 15) is 15.0 Å². The number of rotatable bonds is 5. The number of ether oxygens (including phenoxy) is 2. The Kier molecular flexibility index (Phi) is 5.79. The van der Waals surface area contributed by atoms with Gasteiger partial charge in [0, 0.05) is 17.2 Å². The zero-order valence-corrected chi connectivity index (χ0v) is 15.8. The molecular weight excluding hydrogens is 346 g/mol. The molecule has 3 N–H and O–H groups in total. The molecule has 0 spiro atoms. The summed E-state index contributed by atoms with van der Waals surface area (Å²) in [6.07, 6.45) is 1.54. The van der Waals surface area contributed by atoms with E-state index in [1.165, 1.54) is 7.11 Å². The van der Waals surface area contributed by atoms with Crippen LogP contribution in [-0.2, 0) is 19.6 Å². The Morgan fingerprint density at radius 3 is 2.52 bits per heavy atom. The number of aliphatic hydroxyl groups excluding tert-OH is 2. The SMILES string of the molecule is CN[C@H]1CCc2cc(CO)c(CO)c(OC)c2-c2ccc(OC)c(=O)cc21. The molecule has 0 heterocycles. The summed E-state index contributed by atoms with van der Waals surface area (Å²) in [6.45, 7) is -0.421. The number of benzene rings is 1. The van der Waals surface area contributed by atoms with Gasteiger partial charge < -0.3 is 25.0 Å². The predicted molar refractivity (Wildman–Crippen MR) is 103 cm³/mol. The molecule has 0 amide bonds. The average molecular weight is 371 g/mol. The summed E-state index contributed by atoms with van der Waals surface area (Å²) in [5.41, 5.74) is 4.62. The fourth-order valence-corrected chi connectivity index (χ4v) is 3.91. The first-order valence-corrected chi connectivity index (χ1v) is 8.92. The maximum atomic E-state index is 12.5. The zero-order chi connectivity index (χ0) is 19.6. The molecule has 0 fully saturated rings. The zero-order valence-electron chi connectivity index (χ0n) is 15.8. The van der Waals surface area contributed by atoms with Crippen LogP contribution < -0.4 is 20.2 Å². The third kappa shape index (κ3) is 3.32. The topological polar surface area (TPSA) is 88.0 Å². The van der Waals surface area contributed by atoms with Crippen molar-refractivity contribution >= 4 is 0 Å². The van der Waals surface area contributed by atoms with E-state index in [1.54, 1.807) is 19.2 Å². The van der Waals surface area contributed by atoms with Crippen molar-refractivity contribution in [3.63, 3.8) is 0 Å². The van der Waals surface area contributed by atoms with Crippen LogP contribution in [0.2, 0.25) is 0 Å². The van der Waals surface area contributed by atoms with E-state index in [-0.39, 0.29) is 30.4 Å². The van der Waals surface area contributed by atoms with Crippen molar-refractivity contribution in [1.82, 2.24) is 5.32 Å².